The summed E-state index contributed by atoms with van der Waals surface area (Å²) in [6.45, 7) is 7.71. The van der Waals surface area contributed by atoms with Crippen LogP contribution in [-0.4, -0.2) is 26.4 Å². The van der Waals surface area contributed by atoms with E-state index in [-0.39, 0.29) is 0 Å². The van der Waals surface area contributed by atoms with Crippen LogP contribution in [-0.2, 0) is 9.47 Å². The summed E-state index contributed by atoms with van der Waals surface area (Å²) in [5.41, 5.74) is 0. The maximum atomic E-state index is 5.35. The molecule has 0 aromatic rings. The highest BCUT2D eigenvalue weighted by molar-refractivity contribution is 4.81. The van der Waals surface area contributed by atoms with Gasteiger partial charge in [-0.05, 0) is 25.7 Å². The van der Waals surface area contributed by atoms with Gasteiger partial charge in [0.2, 0.25) is 0 Å². The summed E-state index contributed by atoms with van der Waals surface area (Å²) in [6.07, 6.45) is 8.60. The van der Waals surface area contributed by atoms with Crippen molar-refractivity contribution in [2.45, 2.75) is 39.5 Å². The number of hydrogen-bond acceptors (Lipinski definition) is 2. The zero-order valence-corrected chi connectivity index (χ0v) is 9.63. The van der Waals surface area contributed by atoms with Crippen LogP contribution in [0.15, 0.2) is 12.2 Å². The second-order valence-electron chi connectivity index (χ2n) is 3.27. The first-order chi connectivity index (χ1) is 6.91. The van der Waals surface area contributed by atoms with E-state index in [0.29, 0.717) is 0 Å². The van der Waals surface area contributed by atoms with Crippen LogP contribution in [0.25, 0.3) is 0 Å². The first kappa shape index (κ1) is 13.7. The van der Waals surface area contributed by atoms with Gasteiger partial charge in [0.25, 0.3) is 0 Å². The van der Waals surface area contributed by atoms with E-state index in [0.717, 1.165) is 52.1 Å². The van der Waals surface area contributed by atoms with Gasteiger partial charge in [-0.25, -0.2) is 0 Å². The Labute approximate surface area is 88.3 Å². The molecule has 0 aromatic carbocycles. The molecule has 0 bridgehead atoms. The molecule has 0 rings (SSSR count). The second-order valence-corrected chi connectivity index (χ2v) is 3.27. The molecule has 0 aromatic heterocycles. The Morgan fingerprint density at radius 2 is 1.14 bits per heavy atom. The molecule has 0 saturated carbocycles. The Bertz CT molecular complexity index is 107. The van der Waals surface area contributed by atoms with Gasteiger partial charge in [0.15, 0.2) is 0 Å². The average Bonchev–Trinajstić information content (AvgIpc) is 2.21. The van der Waals surface area contributed by atoms with E-state index in [1.807, 2.05) is 0 Å². The molecule has 0 fully saturated rings. The van der Waals surface area contributed by atoms with Crippen LogP contribution < -0.4 is 0 Å². The molecule has 0 aliphatic carbocycles. The SMILES string of the molecule is CCCOCCC=CCCOCCC. The maximum absolute atomic E-state index is 5.35. The lowest BCUT2D eigenvalue weighted by Gasteiger charge is -1.99. The Morgan fingerprint density at radius 1 is 0.714 bits per heavy atom. The molecule has 14 heavy (non-hydrogen) atoms. The van der Waals surface area contributed by atoms with Crippen molar-refractivity contribution in [2.75, 3.05) is 26.4 Å². The smallest absolute Gasteiger partial charge is 0.0500 e. The zero-order valence-electron chi connectivity index (χ0n) is 9.63. The fraction of sp³-hybridized carbons (Fsp3) is 0.833. The van der Waals surface area contributed by atoms with E-state index in [1.165, 1.54) is 0 Å². The van der Waals surface area contributed by atoms with Crippen LogP contribution >= 0.6 is 0 Å². The maximum Gasteiger partial charge on any atom is 0.0500 e. The Balaban J connectivity index is 2.96. The molecule has 0 aliphatic heterocycles. The first-order valence-corrected chi connectivity index (χ1v) is 5.72. The van der Waals surface area contributed by atoms with Gasteiger partial charge >= 0.3 is 0 Å². The first-order valence-electron chi connectivity index (χ1n) is 5.72. The van der Waals surface area contributed by atoms with E-state index < -0.39 is 0 Å². The van der Waals surface area contributed by atoms with E-state index in [4.69, 9.17) is 9.47 Å². The lowest BCUT2D eigenvalue weighted by molar-refractivity contribution is 0.137. The van der Waals surface area contributed by atoms with Crippen LogP contribution in [0.2, 0.25) is 0 Å². The van der Waals surface area contributed by atoms with Crippen molar-refractivity contribution >= 4 is 0 Å². The Kier molecular flexibility index (Phi) is 12.4. The Morgan fingerprint density at radius 3 is 1.50 bits per heavy atom. The highest BCUT2D eigenvalue weighted by Crippen LogP contribution is 1.91. The van der Waals surface area contributed by atoms with Crippen LogP contribution in [0, 0.1) is 0 Å². The molecule has 0 spiro atoms. The average molecular weight is 200 g/mol. The largest absolute Gasteiger partial charge is 0.381 e. The summed E-state index contributed by atoms with van der Waals surface area (Å²) in [7, 11) is 0. The Hall–Kier alpha value is -0.340. The normalized spacial score (nSPS) is 11.3. The third kappa shape index (κ3) is 11.7. The summed E-state index contributed by atoms with van der Waals surface area (Å²) < 4.78 is 10.7. The molecule has 0 radical (unpaired) electrons. The molecule has 0 atom stereocenters. The van der Waals surface area contributed by atoms with Gasteiger partial charge in [-0.3, -0.25) is 0 Å². The molecule has 0 N–H and O–H groups in total. The van der Waals surface area contributed by atoms with Crippen molar-refractivity contribution in [1.82, 2.24) is 0 Å². The molecule has 84 valence electrons. The van der Waals surface area contributed by atoms with E-state index in [1.54, 1.807) is 0 Å². The molecule has 0 unspecified atom stereocenters. The van der Waals surface area contributed by atoms with E-state index in [9.17, 15) is 0 Å². The van der Waals surface area contributed by atoms with Gasteiger partial charge in [-0.15, -0.1) is 0 Å². The van der Waals surface area contributed by atoms with Gasteiger partial charge < -0.3 is 9.47 Å². The number of hydrogen-bond donors (Lipinski definition) is 0. The fourth-order valence-electron chi connectivity index (χ4n) is 1.03. The van der Waals surface area contributed by atoms with Crippen molar-refractivity contribution in [3.63, 3.8) is 0 Å². The molecule has 2 heteroatoms. The quantitative estimate of drug-likeness (QED) is 0.398. The summed E-state index contributed by atoms with van der Waals surface area (Å²) in [5.74, 6) is 0. The van der Waals surface area contributed by atoms with Gasteiger partial charge in [-0.2, -0.15) is 0 Å². The van der Waals surface area contributed by atoms with Crippen LogP contribution in [0.1, 0.15) is 39.5 Å². The summed E-state index contributed by atoms with van der Waals surface area (Å²) in [4.78, 5) is 0. The summed E-state index contributed by atoms with van der Waals surface area (Å²) in [5, 5.41) is 0. The van der Waals surface area contributed by atoms with Crippen LogP contribution in [0.4, 0.5) is 0 Å². The van der Waals surface area contributed by atoms with E-state index in [2.05, 4.69) is 26.0 Å². The van der Waals surface area contributed by atoms with Gasteiger partial charge in [-0.1, -0.05) is 26.0 Å². The third-order valence-electron chi connectivity index (χ3n) is 1.72. The van der Waals surface area contributed by atoms with Gasteiger partial charge in [0.05, 0.1) is 13.2 Å². The molecule has 0 aliphatic rings. The minimum absolute atomic E-state index is 0.847. The lowest BCUT2D eigenvalue weighted by atomic mass is 10.3. The standard InChI is InChI=1S/C12H24O2/c1-3-9-13-11-7-5-6-8-12-14-10-4-2/h5-6H,3-4,7-12H2,1-2H3. The predicted octanol–water partition coefficient (Wildman–Crippen LogP) is 3.18. The summed E-state index contributed by atoms with van der Waals surface area (Å²) >= 11 is 0. The molecular weight excluding hydrogens is 176 g/mol. The second kappa shape index (κ2) is 12.7. The molecular formula is C12H24O2. The highest BCUT2D eigenvalue weighted by atomic mass is 16.5. The monoisotopic (exact) mass is 200 g/mol. The van der Waals surface area contributed by atoms with Crippen LogP contribution in [0.5, 0.6) is 0 Å². The van der Waals surface area contributed by atoms with Crippen molar-refractivity contribution in [1.29, 1.82) is 0 Å². The van der Waals surface area contributed by atoms with E-state index >= 15 is 0 Å². The van der Waals surface area contributed by atoms with Crippen molar-refractivity contribution < 1.29 is 9.47 Å². The molecule has 0 saturated heterocycles. The molecule has 0 amide bonds. The fourth-order valence-corrected chi connectivity index (χ4v) is 1.03. The minimum Gasteiger partial charge on any atom is -0.381 e. The topological polar surface area (TPSA) is 18.5 Å². The van der Waals surface area contributed by atoms with Crippen molar-refractivity contribution in [2.24, 2.45) is 0 Å². The molecule has 2 nitrogen and oxygen atoms in total. The zero-order chi connectivity index (χ0) is 10.5. The van der Waals surface area contributed by atoms with Crippen LogP contribution in [0.3, 0.4) is 0 Å². The van der Waals surface area contributed by atoms with Gasteiger partial charge in [0.1, 0.15) is 0 Å². The van der Waals surface area contributed by atoms with Gasteiger partial charge in [0, 0.05) is 13.2 Å². The third-order valence-corrected chi connectivity index (χ3v) is 1.72. The lowest BCUT2D eigenvalue weighted by Crippen LogP contribution is -1.95. The number of ether oxygens (including phenoxy) is 2. The minimum atomic E-state index is 0.847. The predicted molar refractivity (Wildman–Crippen MR) is 60.6 cm³/mol. The molecule has 0 heterocycles. The van der Waals surface area contributed by atoms with Crippen molar-refractivity contribution in [3.8, 4) is 0 Å². The summed E-state index contributed by atoms with van der Waals surface area (Å²) in [6, 6.07) is 0. The van der Waals surface area contributed by atoms with Crippen molar-refractivity contribution in [3.05, 3.63) is 12.2 Å². The number of rotatable bonds is 10. The highest BCUT2D eigenvalue weighted by Gasteiger charge is 1.84.